The third-order valence-electron chi connectivity index (χ3n) is 3.88. The van der Waals surface area contributed by atoms with E-state index in [2.05, 4.69) is 0 Å². The van der Waals surface area contributed by atoms with E-state index >= 15 is 0 Å². The topological polar surface area (TPSA) is 54.4 Å². The molecule has 100 valence electrons. The van der Waals surface area contributed by atoms with Gasteiger partial charge >= 0.3 is 5.97 Å². The van der Waals surface area contributed by atoms with Crippen molar-refractivity contribution >= 4 is 11.8 Å². The predicted molar refractivity (Wildman–Crippen MR) is 74.8 cm³/mol. The number of carboxylic acids is 1. The van der Waals surface area contributed by atoms with E-state index in [1.807, 2.05) is 48.5 Å². The Balaban J connectivity index is 2.19. The molecular weight excluding hydrogens is 252 g/mol. The molecule has 0 aliphatic heterocycles. The van der Waals surface area contributed by atoms with Crippen LogP contribution in [0.5, 0.6) is 0 Å². The first-order valence-electron chi connectivity index (χ1n) is 6.58. The number of rotatable bonds is 2. The molecule has 3 nitrogen and oxygen atoms in total. The summed E-state index contributed by atoms with van der Waals surface area (Å²) in [5.74, 6) is -1.95. The fraction of sp³-hybridized carbons (Fsp3) is 0.176. The van der Waals surface area contributed by atoms with Crippen LogP contribution in [0, 0.1) is 5.92 Å². The van der Waals surface area contributed by atoms with Crippen molar-refractivity contribution < 1.29 is 14.7 Å². The fourth-order valence-corrected chi connectivity index (χ4v) is 2.97. The Morgan fingerprint density at radius 1 is 1.00 bits per heavy atom. The lowest BCUT2D eigenvalue weighted by Crippen LogP contribution is -2.31. The first kappa shape index (κ1) is 12.6. The Labute approximate surface area is 116 Å². The Hall–Kier alpha value is -2.42. The third kappa shape index (κ3) is 2.01. The Morgan fingerprint density at radius 3 is 2.35 bits per heavy atom. The largest absolute Gasteiger partial charge is 0.481 e. The summed E-state index contributed by atoms with van der Waals surface area (Å²) in [6.45, 7) is 0. The minimum atomic E-state index is -0.915. The summed E-state index contributed by atoms with van der Waals surface area (Å²) in [5.41, 5.74) is 2.42. The second-order valence-electron chi connectivity index (χ2n) is 5.05. The maximum atomic E-state index is 12.1. The van der Waals surface area contributed by atoms with E-state index in [1.54, 1.807) is 6.07 Å². The van der Waals surface area contributed by atoms with Gasteiger partial charge in [0, 0.05) is 17.9 Å². The van der Waals surface area contributed by atoms with Crippen LogP contribution in [-0.2, 0) is 4.79 Å². The summed E-state index contributed by atoms with van der Waals surface area (Å²) >= 11 is 0. The molecule has 3 heteroatoms. The molecule has 1 N–H and O–H groups in total. The molecule has 2 unspecified atom stereocenters. The summed E-state index contributed by atoms with van der Waals surface area (Å²) in [4.78, 5) is 23.7. The zero-order chi connectivity index (χ0) is 14.1. The number of carbonyl (C=O) groups excluding carboxylic acids is 1. The van der Waals surface area contributed by atoms with Gasteiger partial charge in [0.05, 0.1) is 5.92 Å². The van der Waals surface area contributed by atoms with Gasteiger partial charge in [-0.15, -0.1) is 0 Å². The standard InChI is InChI=1S/C17H14O3/c18-15-10-14(17(19)20)16(11-6-2-1-3-7-11)13-9-5-4-8-12(13)15/h1-9,14,16H,10H2,(H,19,20). The van der Waals surface area contributed by atoms with Crippen LogP contribution in [0.15, 0.2) is 54.6 Å². The Morgan fingerprint density at radius 2 is 1.65 bits per heavy atom. The summed E-state index contributed by atoms with van der Waals surface area (Å²) < 4.78 is 0. The normalized spacial score (nSPS) is 21.3. The van der Waals surface area contributed by atoms with E-state index in [1.165, 1.54) is 0 Å². The van der Waals surface area contributed by atoms with Gasteiger partial charge in [-0.3, -0.25) is 9.59 Å². The number of carboxylic acid groups (broad SMARTS) is 1. The Bertz CT molecular complexity index is 661. The summed E-state index contributed by atoms with van der Waals surface area (Å²) in [7, 11) is 0. The molecule has 0 radical (unpaired) electrons. The molecule has 2 aromatic carbocycles. The fourth-order valence-electron chi connectivity index (χ4n) is 2.97. The van der Waals surface area contributed by atoms with E-state index in [9.17, 15) is 14.7 Å². The molecule has 1 aliphatic rings. The molecule has 3 rings (SSSR count). The molecule has 0 aromatic heterocycles. The molecule has 20 heavy (non-hydrogen) atoms. The van der Waals surface area contributed by atoms with Crippen molar-refractivity contribution in [2.75, 3.05) is 0 Å². The quantitative estimate of drug-likeness (QED) is 0.908. The highest BCUT2D eigenvalue weighted by Gasteiger charge is 2.38. The minimum Gasteiger partial charge on any atom is -0.481 e. The first-order valence-corrected chi connectivity index (χ1v) is 6.58. The highest BCUT2D eigenvalue weighted by Crippen LogP contribution is 2.40. The van der Waals surface area contributed by atoms with Crippen molar-refractivity contribution in [2.24, 2.45) is 5.92 Å². The highest BCUT2D eigenvalue weighted by molar-refractivity contribution is 6.01. The number of aliphatic carboxylic acids is 1. The van der Waals surface area contributed by atoms with Crippen LogP contribution in [0.25, 0.3) is 0 Å². The zero-order valence-corrected chi connectivity index (χ0v) is 10.8. The lowest BCUT2D eigenvalue weighted by Gasteiger charge is -2.30. The van der Waals surface area contributed by atoms with E-state index in [0.717, 1.165) is 11.1 Å². The maximum Gasteiger partial charge on any atom is 0.307 e. The number of ketones is 1. The number of hydrogen-bond donors (Lipinski definition) is 1. The number of Topliss-reactive ketones (excluding diaryl/α,β-unsaturated/α-hetero) is 1. The average Bonchev–Trinajstić information content (AvgIpc) is 2.48. The van der Waals surface area contributed by atoms with Gasteiger partial charge in [0.1, 0.15) is 0 Å². The van der Waals surface area contributed by atoms with E-state index in [0.29, 0.717) is 5.56 Å². The number of fused-ring (bicyclic) bond motifs is 1. The highest BCUT2D eigenvalue weighted by atomic mass is 16.4. The van der Waals surface area contributed by atoms with Gasteiger partial charge < -0.3 is 5.11 Å². The number of benzene rings is 2. The monoisotopic (exact) mass is 266 g/mol. The minimum absolute atomic E-state index is 0.0614. The zero-order valence-electron chi connectivity index (χ0n) is 10.8. The van der Waals surface area contributed by atoms with Crippen molar-refractivity contribution in [3.63, 3.8) is 0 Å². The van der Waals surface area contributed by atoms with Gasteiger partial charge in [0.2, 0.25) is 0 Å². The van der Waals surface area contributed by atoms with E-state index < -0.39 is 11.9 Å². The van der Waals surface area contributed by atoms with Crippen molar-refractivity contribution in [3.05, 3.63) is 71.3 Å². The van der Waals surface area contributed by atoms with Gasteiger partial charge in [-0.2, -0.15) is 0 Å². The van der Waals surface area contributed by atoms with Crippen LogP contribution in [-0.4, -0.2) is 16.9 Å². The van der Waals surface area contributed by atoms with Crippen LogP contribution in [0.4, 0.5) is 0 Å². The van der Waals surface area contributed by atoms with E-state index in [4.69, 9.17) is 0 Å². The van der Waals surface area contributed by atoms with Crippen LogP contribution in [0.2, 0.25) is 0 Å². The second-order valence-corrected chi connectivity index (χ2v) is 5.05. The lowest BCUT2D eigenvalue weighted by atomic mass is 9.71. The van der Waals surface area contributed by atoms with Crippen molar-refractivity contribution in [1.29, 1.82) is 0 Å². The predicted octanol–water partition coefficient (Wildman–Crippen LogP) is 3.11. The maximum absolute atomic E-state index is 12.1. The number of hydrogen-bond acceptors (Lipinski definition) is 2. The van der Waals surface area contributed by atoms with Crippen molar-refractivity contribution in [3.8, 4) is 0 Å². The molecule has 0 bridgehead atoms. The summed E-state index contributed by atoms with van der Waals surface area (Å²) in [6, 6.07) is 16.9. The summed E-state index contributed by atoms with van der Waals surface area (Å²) in [5, 5.41) is 9.46. The van der Waals surface area contributed by atoms with Gasteiger partial charge in [0.25, 0.3) is 0 Å². The van der Waals surface area contributed by atoms with E-state index in [-0.39, 0.29) is 18.1 Å². The van der Waals surface area contributed by atoms with Gasteiger partial charge in [-0.25, -0.2) is 0 Å². The molecule has 2 atom stereocenters. The van der Waals surface area contributed by atoms with Crippen molar-refractivity contribution in [2.45, 2.75) is 12.3 Å². The van der Waals surface area contributed by atoms with Gasteiger partial charge in [-0.05, 0) is 11.1 Å². The molecule has 1 aliphatic carbocycles. The molecular formula is C17H14O3. The first-order chi connectivity index (χ1) is 9.68. The van der Waals surface area contributed by atoms with Crippen molar-refractivity contribution in [1.82, 2.24) is 0 Å². The molecule has 2 aromatic rings. The molecule has 0 saturated carbocycles. The summed E-state index contributed by atoms with van der Waals surface area (Å²) in [6.07, 6.45) is 0.0614. The molecule has 0 spiro atoms. The SMILES string of the molecule is O=C1CC(C(=O)O)C(c2ccccc2)c2ccccc21. The van der Waals surface area contributed by atoms with Gasteiger partial charge in [-0.1, -0.05) is 54.6 Å². The third-order valence-corrected chi connectivity index (χ3v) is 3.88. The van der Waals surface area contributed by atoms with Crippen LogP contribution >= 0.6 is 0 Å². The van der Waals surface area contributed by atoms with Gasteiger partial charge in [0.15, 0.2) is 5.78 Å². The Kier molecular flexibility index (Phi) is 3.11. The van der Waals surface area contributed by atoms with Crippen LogP contribution < -0.4 is 0 Å². The lowest BCUT2D eigenvalue weighted by molar-refractivity contribution is -0.142. The smallest absolute Gasteiger partial charge is 0.307 e. The molecule has 0 saturated heterocycles. The van der Waals surface area contributed by atoms with Crippen LogP contribution in [0.1, 0.15) is 33.8 Å². The molecule has 0 amide bonds. The average molecular weight is 266 g/mol. The number of carbonyl (C=O) groups is 2. The second kappa shape index (κ2) is 4.93. The molecule has 0 fully saturated rings. The van der Waals surface area contributed by atoms with Crippen LogP contribution in [0.3, 0.4) is 0 Å². The molecule has 0 heterocycles.